The van der Waals surface area contributed by atoms with E-state index in [0.29, 0.717) is 5.96 Å². The third-order valence-electron chi connectivity index (χ3n) is 4.07. The maximum absolute atomic E-state index is 13.6. The smallest absolute Gasteiger partial charge is 0.191 e. The van der Waals surface area contributed by atoms with Crippen molar-refractivity contribution in [3.05, 3.63) is 65.2 Å². The van der Waals surface area contributed by atoms with Crippen molar-refractivity contribution in [2.45, 2.75) is 19.4 Å². The maximum atomic E-state index is 13.6. The number of aliphatic imine (C=N–C) groups is 1. The lowest BCUT2D eigenvalue weighted by molar-refractivity contribution is 0.581. The van der Waals surface area contributed by atoms with Crippen LogP contribution in [0, 0.1) is 11.6 Å². The van der Waals surface area contributed by atoms with E-state index in [2.05, 4.69) is 44.8 Å². The van der Waals surface area contributed by atoms with E-state index >= 15 is 0 Å². The van der Waals surface area contributed by atoms with Crippen molar-refractivity contribution >= 4 is 35.6 Å². The van der Waals surface area contributed by atoms with Gasteiger partial charge in [0.05, 0.1) is 0 Å². The van der Waals surface area contributed by atoms with Gasteiger partial charge in [-0.25, -0.2) is 8.78 Å². The molecular weight excluding hydrogens is 461 g/mol. The fourth-order valence-electron chi connectivity index (χ4n) is 2.54. The summed E-state index contributed by atoms with van der Waals surface area (Å²) >= 11 is 0. The minimum Gasteiger partial charge on any atom is -0.378 e. The Balaban J connectivity index is 0.00000364. The number of nitrogens with one attached hydrogen (secondary N) is 2. The molecule has 0 aliphatic heterocycles. The van der Waals surface area contributed by atoms with Gasteiger partial charge in [-0.3, -0.25) is 4.99 Å². The van der Waals surface area contributed by atoms with Crippen molar-refractivity contribution in [3.8, 4) is 0 Å². The monoisotopic (exact) mass is 488 g/mol. The van der Waals surface area contributed by atoms with E-state index < -0.39 is 11.6 Å². The number of anilines is 1. The van der Waals surface area contributed by atoms with Crippen molar-refractivity contribution < 1.29 is 8.78 Å². The second kappa shape index (κ2) is 11.7. The number of hydrogen-bond acceptors (Lipinski definition) is 2. The van der Waals surface area contributed by atoms with E-state index in [-0.39, 0.29) is 36.1 Å². The van der Waals surface area contributed by atoms with Crippen LogP contribution in [-0.2, 0) is 13.0 Å². The minimum absolute atomic E-state index is 0. The lowest BCUT2D eigenvalue weighted by Crippen LogP contribution is -2.37. The van der Waals surface area contributed by atoms with Gasteiger partial charge in [0.1, 0.15) is 11.6 Å². The number of hydrogen-bond donors (Lipinski definition) is 2. The molecule has 0 saturated heterocycles. The second-order valence-electron chi connectivity index (χ2n) is 6.25. The maximum Gasteiger partial charge on any atom is 0.191 e. The predicted molar refractivity (Wildman–Crippen MR) is 119 cm³/mol. The molecule has 0 bridgehead atoms. The van der Waals surface area contributed by atoms with Gasteiger partial charge in [0.2, 0.25) is 0 Å². The van der Waals surface area contributed by atoms with E-state index in [4.69, 9.17) is 0 Å². The number of aryl methyl sites for hydroxylation is 1. The molecule has 2 aromatic rings. The standard InChI is InChI=1S/C20H26F2N4.HI/c1-23-20(25-14-16-13-17(21)8-11-19(16)22)24-12-4-5-15-6-9-18(10-7-15)26(2)3;/h6-11,13H,4-5,12,14H2,1-3H3,(H2,23,24,25);1H. The molecule has 0 spiro atoms. The lowest BCUT2D eigenvalue weighted by atomic mass is 10.1. The van der Waals surface area contributed by atoms with E-state index in [1.807, 2.05) is 14.1 Å². The zero-order valence-corrected chi connectivity index (χ0v) is 18.3. The molecule has 4 nitrogen and oxygen atoms in total. The number of guanidine groups is 1. The van der Waals surface area contributed by atoms with Crippen LogP contribution < -0.4 is 15.5 Å². The summed E-state index contributed by atoms with van der Waals surface area (Å²) in [6.45, 7) is 0.913. The minimum atomic E-state index is -0.452. The van der Waals surface area contributed by atoms with E-state index in [0.717, 1.165) is 31.5 Å². The van der Waals surface area contributed by atoms with Crippen molar-refractivity contribution in [3.63, 3.8) is 0 Å². The lowest BCUT2D eigenvalue weighted by Gasteiger charge is -2.13. The molecule has 2 aromatic carbocycles. The molecule has 0 aromatic heterocycles. The Morgan fingerprint density at radius 1 is 1.04 bits per heavy atom. The van der Waals surface area contributed by atoms with Crippen LogP contribution in [0.25, 0.3) is 0 Å². The van der Waals surface area contributed by atoms with Gasteiger partial charge in [-0.05, 0) is 48.7 Å². The van der Waals surface area contributed by atoms with E-state index in [1.165, 1.54) is 17.3 Å². The first kappa shape index (κ1) is 23.1. The predicted octanol–water partition coefficient (Wildman–Crippen LogP) is 3.95. The normalized spacial score (nSPS) is 10.9. The molecule has 2 rings (SSSR count). The van der Waals surface area contributed by atoms with Crippen molar-refractivity contribution in [2.24, 2.45) is 4.99 Å². The molecule has 148 valence electrons. The fraction of sp³-hybridized carbons (Fsp3) is 0.350. The van der Waals surface area contributed by atoms with Crippen LogP contribution in [0.15, 0.2) is 47.5 Å². The summed E-state index contributed by atoms with van der Waals surface area (Å²) in [5.41, 5.74) is 2.73. The first-order valence-corrected chi connectivity index (χ1v) is 8.64. The van der Waals surface area contributed by atoms with Crippen LogP contribution in [0.3, 0.4) is 0 Å². The molecule has 0 aliphatic rings. The summed E-state index contributed by atoms with van der Waals surface area (Å²) in [7, 11) is 5.69. The quantitative estimate of drug-likeness (QED) is 0.269. The van der Waals surface area contributed by atoms with Gasteiger partial charge in [0.15, 0.2) is 5.96 Å². The SMILES string of the molecule is CN=C(NCCCc1ccc(N(C)C)cc1)NCc1cc(F)ccc1F.I. The Labute approximate surface area is 177 Å². The second-order valence-corrected chi connectivity index (χ2v) is 6.25. The van der Waals surface area contributed by atoms with Crippen molar-refractivity contribution in [2.75, 3.05) is 32.6 Å². The molecule has 7 heteroatoms. The Morgan fingerprint density at radius 2 is 1.74 bits per heavy atom. The molecule has 0 amide bonds. The molecular formula is C20H27F2IN4. The van der Waals surface area contributed by atoms with Gasteiger partial charge in [0, 0.05) is 45.5 Å². The Hall–Kier alpha value is -1.90. The molecule has 0 saturated carbocycles. The van der Waals surface area contributed by atoms with E-state index in [1.54, 1.807) is 7.05 Å². The molecule has 0 atom stereocenters. The Kier molecular flexibility index (Phi) is 10.1. The van der Waals surface area contributed by atoms with Crippen LogP contribution >= 0.6 is 24.0 Å². The largest absolute Gasteiger partial charge is 0.378 e. The number of halogens is 3. The first-order valence-electron chi connectivity index (χ1n) is 8.64. The third kappa shape index (κ3) is 7.70. The topological polar surface area (TPSA) is 39.7 Å². The number of rotatable bonds is 7. The first-order chi connectivity index (χ1) is 12.5. The highest BCUT2D eigenvalue weighted by atomic mass is 127. The van der Waals surface area contributed by atoms with Crippen LogP contribution in [0.1, 0.15) is 17.5 Å². The highest BCUT2D eigenvalue weighted by Gasteiger charge is 2.05. The number of benzene rings is 2. The van der Waals surface area contributed by atoms with E-state index in [9.17, 15) is 8.78 Å². The molecule has 0 unspecified atom stereocenters. The average molecular weight is 488 g/mol. The average Bonchev–Trinajstić information content (AvgIpc) is 2.64. The van der Waals surface area contributed by atoms with Gasteiger partial charge >= 0.3 is 0 Å². The summed E-state index contributed by atoms with van der Waals surface area (Å²) in [5.74, 6) is -0.321. The van der Waals surface area contributed by atoms with Crippen LogP contribution in [0.5, 0.6) is 0 Å². The van der Waals surface area contributed by atoms with Crippen molar-refractivity contribution in [1.82, 2.24) is 10.6 Å². The number of nitrogens with zero attached hydrogens (tertiary/aromatic N) is 2. The summed E-state index contributed by atoms with van der Waals surface area (Å²) in [6, 6.07) is 11.9. The van der Waals surface area contributed by atoms with Gasteiger partial charge in [-0.15, -0.1) is 24.0 Å². The summed E-state index contributed by atoms with van der Waals surface area (Å²) in [6.07, 6.45) is 1.90. The van der Waals surface area contributed by atoms with Crippen LogP contribution in [-0.4, -0.2) is 33.6 Å². The van der Waals surface area contributed by atoms with Crippen LogP contribution in [0.2, 0.25) is 0 Å². The zero-order valence-electron chi connectivity index (χ0n) is 15.9. The summed E-state index contributed by atoms with van der Waals surface area (Å²) in [5, 5.41) is 6.19. The van der Waals surface area contributed by atoms with Gasteiger partial charge in [-0.1, -0.05) is 12.1 Å². The Bertz CT molecular complexity index is 733. The highest BCUT2D eigenvalue weighted by molar-refractivity contribution is 14.0. The van der Waals surface area contributed by atoms with Crippen molar-refractivity contribution in [1.29, 1.82) is 0 Å². The summed E-state index contributed by atoms with van der Waals surface area (Å²) in [4.78, 5) is 6.18. The molecule has 0 radical (unpaired) electrons. The molecule has 2 N–H and O–H groups in total. The molecule has 0 heterocycles. The van der Waals surface area contributed by atoms with Gasteiger partial charge in [-0.2, -0.15) is 0 Å². The summed E-state index contributed by atoms with van der Waals surface area (Å²) < 4.78 is 26.8. The molecule has 0 aliphatic carbocycles. The highest BCUT2D eigenvalue weighted by Crippen LogP contribution is 2.13. The molecule has 27 heavy (non-hydrogen) atoms. The van der Waals surface area contributed by atoms with Gasteiger partial charge in [0.25, 0.3) is 0 Å². The third-order valence-corrected chi connectivity index (χ3v) is 4.07. The Morgan fingerprint density at radius 3 is 2.37 bits per heavy atom. The fourth-order valence-corrected chi connectivity index (χ4v) is 2.54. The zero-order chi connectivity index (χ0) is 18.9. The van der Waals surface area contributed by atoms with Gasteiger partial charge < -0.3 is 15.5 Å². The van der Waals surface area contributed by atoms with Crippen LogP contribution in [0.4, 0.5) is 14.5 Å². The molecule has 0 fully saturated rings.